The number of nitrogens with zero attached hydrogens (tertiary/aromatic N) is 6. The van der Waals surface area contributed by atoms with E-state index in [-0.39, 0.29) is 0 Å². The van der Waals surface area contributed by atoms with Gasteiger partial charge in [0, 0.05) is 32.4 Å². The van der Waals surface area contributed by atoms with Crippen molar-refractivity contribution in [2.75, 3.05) is 11.9 Å². The molecule has 0 aliphatic heterocycles. The van der Waals surface area contributed by atoms with Gasteiger partial charge in [-0.2, -0.15) is 10.2 Å². The third-order valence-corrected chi connectivity index (χ3v) is 3.41. The Kier molecular flexibility index (Phi) is 3.55. The Bertz CT molecular complexity index is 742. The van der Waals surface area contributed by atoms with Crippen LogP contribution in [0.1, 0.15) is 18.4 Å². The van der Waals surface area contributed by atoms with Gasteiger partial charge in [0.15, 0.2) is 5.82 Å². The molecule has 0 amide bonds. The Morgan fingerprint density at radius 1 is 1.29 bits per heavy atom. The molecule has 0 saturated carbocycles. The molecule has 0 bridgehead atoms. The molecule has 110 valence electrons. The van der Waals surface area contributed by atoms with Gasteiger partial charge in [-0.1, -0.05) is 6.92 Å². The lowest BCUT2D eigenvalue weighted by Gasteiger charge is -2.09. The van der Waals surface area contributed by atoms with Crippen LogP contribution in [0.25, 0.3) is 11.0 Å². The predicted molar refractivity (Wildman–Crippen MR) is 81.1 cm³/mol. The Balaban J connectivity index is 1.89. The fourth-order valence-electron chi connectivity index (χ4n) is 2.39. The van der Waals surface area contributed by atoms with Crippen molar-refractivity contribution in [1.82, 2.24) is 29.5 Å². The van der Waals surface area contributed by atoms with Crippen molar-refractivity contribution < 1.29 is 0 Å². The molecule has 3 aromatic heterocycles. The van der Waals surface area contributed by atoms with Crippen LogP contribution in [0.15, 0.2) is 18.5 Å². The third kappa shape index (κ3) is 2.58. The largest absolute Gasteiger partial charge is 0.366 e. The summed E-state index contributed by atoms with van der Waals surface area (Å²) in [5.41, 5.74) is 2.80. The Morgan fingerprint density at radius 3 is 2.86 bits per heavy atom. The van der Waals surface area contributed by atoms with Crippen LogP contribution in [-0.2, 0) is 20.0 Å². The number of nitrogens with one attached hydrogen (secondary N) is 1. The molecule has 0 radical (unpaired) electrons. The molecule has 3 aromatic rings. The Hall–Kier alpha value is -2.44. The summed E-state index contributed by atoms with van der Waals surface area (Å²) in [6, 6.07) is 1.92. The van der Waals surface area contributed by atoms with Gasteiger partial charge in [-0.3, -0.25) is 9.36 Å². The van der Waals surface area contributed by atoms with E-state index in [1.165, 1.54) is 0 Å². The zero-order valence-corrected chi connectivity index (χ0v) is 12.5. The second kappa shape index (κ2) is 5.51. The van der Waals surface area contributed by atoms with E-state index in [1.807, 2.05) is 35.6 Å². The van der Waals surface area contributed by atoms with Crippen molar-refractivity contribution in [3.8, 4) is 0 Å². The molecule has 0 unspecified atom stereocenters. The fraction of sp³-hybridized carbons (Fsp3) is 0.429. The molecule has 7 nitrogen and oxygen atoms in total. The Labute approximate surface area is 123 Å². The van der Waals surface area contributed by atoms with Gasteiger partial charge in [-0.15, -0.1) is 0 Å². The lowest BCUT2D eigenvalue weighted by atomic mass is 10.3. The first-order valence-electron chi connectivity index (χ1n) is 7.10. The minimum absolute atomic E-state index is 0.751. The number of anilines is 1. The van der Waals surface area contributed by atoms with Crippen LogP contribution in [0.4, 0.5) is 5.82 Å². The predicted octanol–water partition coefficient (Wildman–Crippen LogP) is 1.54. The molecule has 0 aliphatic rings. The first-order chi connectivity index (χ1) is 10.2. The van der Waals surface area contributed by atoms with Crippen molar-refractivity contribution in [2.24, 2.45) is 7.05 Å². The first kappa shape index (κ1) is 13.5. The van der Waals surface area contributed by atoms with Crippen LogP contribution in [0.3, 0.4) is 0 Å². The normalized spacial score (nSPS) is 11.2. The average Bonchev–Trinajstić information content (AvgIpc) is 3.08. The highest BCUT2D eigenvalue weighted by Gasteiger charge is 2.14. The smallest absolute Gasteiger partial charge is 0.156 e. The summed E-state index contributed by atoms with van der Waals surface area (Å²) in [5, 5.41) is 12.0. The van der Waals surface area contributed by atoms with Crippen LogP contribution in [0, 0.1) is 6.92 Å². The van der Waals surface area contributed by atoms with Gasteiger partial charge in [0.25, 0.3) is 0 Å². The van der Waals surface area contributed by atoms with Crippen molar-refractivity contribution in [3.05, 3.63) is 30.0 Å². The molecule has 0 aromatic carbocycles. The van der Waals surface area contributed by atoms with Crippen LogP contribution < -0.4 is 5.32 Å². The molecular weight excluding hydrogens is 266 g/mol. The van der Waals surface area contributed by atoms with E-state index >= 15 is 0 Å². The van der Waals surface area contributed by atoms with Crippen LogP contribution in [0.5, 0.6) is 0 Å². The summed E-state index contributed by atoms with van der Waals surface area (Å²) < 4.78 is 3.72. The molecule has 0 spiro atoms. The van der Waals surface area contributed by atoms with Gasteiger partial charge >= 0.3 is 0 Å². The van der Waals surface area contributed by atoms with Crippen molar-refractivity contribution in [2.45, 2.75) is 26.8 Å². The van der Waals surface area contributed by atoms with Crippen molar-refractivity contribution in [3.63, 3.8) is 0 Å². The SMILES string of the molecule is CCc1nc(NCCn2cccn2)c2c(n1)c(C)nn2C. The molecule has 3 rings (SSSR count). The molecule has 21 heavy (non-hydrogen) atoms. The summed E-state index contributed by atoms with van der Waals surface area (Å²) in [4.78, 5) is 9.18. The van der Waals surface area contributed by atoms with Gasteiger partial charge in [0.1, 0.15) is 16.9 Å². The average molecular weight is 285 g/mol. The third-order valence-electron chi connectivity index (χ3n) is 3.41. The summed E-state index contributed by atoms with van der Waals surface area (Å²) in [6.07, 6.45) is 4.53. The topological polar surface area (TPSA) is 73.5 Å². The molecule has 7 heteroatoms. The van der Waals surface area contributed by atoms with E-state index < -0.39 is 0 Å². The monoisotopic (exact) mass is 285 g/mol. The van der Waals surface area contributed by atoms with Gasteiger partial charge in [0.05, 0.1) is 12.2 Å². The van der Waals surface area contributed by atoms with E-state index in [0.29, 0.717) is 0 Å². The van der Waals surface area contributed by atoms with Gasteiger partial charge in [-0.25, -0.2) is 9.97 Å². The lowest BCUT2D eigenvalue weighted by molar-refractivity contribution is 0.636. The quantitative estimate of drug-likeness (QED) is 0.770. The number of hydrogen-bond donors (Lipinski definition) is 1. The van der Waals surface area contributed by atoms with E-state index in [2.05, 4.69) is 32.4 Å². The Morgan fingerprint density at radius 2 is 2.14 bits per heavy atom. The summed E-state index contributed by atoms with van der Waals surface area (Å²) >= 11 is 0. The molecule has 0 atom stereocenters. The van der Waals surface area contributed by atoms with E-state index in [1.54, 1.807) is 6.20 Å². The number of hydrogen-bond acceptors (Lipinski definition) is 5. The first-order valence-corrected chi connectivity index (χ1v) is 7.10. The zero-order chi connectivity index (χ0) is 14.8. The number of fused-ring (bicyclic) bond motifs is 1. The summed E-state index contributed by atoms with van der Waals surface area (Å²) in [5.74, 6) is 1.67. The maximum absolute atomic E-state index is 4.60. The highest BCUT2D eigenvalue weighted by Crippen LogP contribution is 2.22. The van der Waals surface area contributed by atoms with Gasteiger partial charge in [0.2, 0.25) is 0 Å². The molecule has 0 fully saturated rings. The minimum Gasteiger partial charge on any atom is -0.366 e. The van der Waals surface area contributed by atoms with Gasteiger partial charge < -0.3 is 5.32 Å². The van der Waals surface area contributed by atoms with Crippen molar-refractivity contribution >= 4 is 16.9 Å². The molecule has 0 saturated heterocycles. The maximum atomic E-state index is 4.60. The molecule has 0 aliphatic carbocycles. The van der Waals surface area contributed by atoms with E-state index in [0.717, 1.165) is 47.9 Å². The highest BCUT2D eigenvalue weighted by molar-refractivity contribution is 5.87. The second-order valence-corrected chi connectivity index (χ2v) is 4.94. The fourth-order valence-corrected chi connectivity index (χ4v) is 2.39. The van der Waals surface area contributed by atoms with Crippen LogP contribution >= 0.6 is 0 Å². The number of aryl methyl sites for hydroxylation is 3. The van der Waals surface area contributed by atoms with Crippen molar-refractivity contribution in [1.29, 1.82) is 0 Å². The summed E-state index contributed by atoms with van der Waals surface area (Å²) in [7, 11) is 1.92. The number of aromatic nitrogens is 6. The lowest BCUT2D eigenvalue weighted by Crippen LogP contribution is -2.13. The van der Waals surface area contributed by atoms with Crippen LogP contribution in [0.2, 0.25) is 0 Å². The molecule has 3 heterocycles. The standard InChI is InChI=1S/C14H19N7/c1-4-11-17-12-10(2)19-20(3)13(12)14(18-11)15-7-9-21-8-5-6-16-21/h5-6,8H,4,7,9H2,1-3H3,(H,15,17,18). The van der Waals surface area contributed by atoms with E-state index in [4.69, 9.17) is 0 Å². The minimum atomic E-state index is 0.751. The second-order valence-electron chi connectivity index (χ2n) is 4.94. The van der Waals surface area contributed by atoms with Crippen LogP contribution in [-0.4, -0.2) is 36.1 Å². The van der Waals surface area contributed by atoms with E-state index in [9.17, 15) is 0 Å². The molecular formula is C14H19N7. The maximum Gasteiger partial charge on any atom is 0.156 e. The highest BCUT2D eigenvalue weighted by atomic mass is 15.3. The molecule has 1 N–H and O–H groups in total. The van der Waals surface area contributed by atoms with Gasteiger partial charge in [-0.05, 0) is 13.0 Å². The summed E-state index contributed by atoms with van der Waals surface area (Å²) in [6.45, 7) is 5.57. The number of rotatable bonds is 5. The zero-order valence-electron chi connectivity index (χ0n) is 12.5.